The maximum absolute atomic E-state index is 9.77. The van der Waals surface area contributed by atoms with Crippen LogP contribution in [0.5, 0.6) is 0 Å². The Morgan fingerprint density at radius 3 is 2.42 bits per heavy atom. The van der Waals surface area contributed by atoms with Crippen molar-refractivity contribution in [3.05, 3.63) is 35.9 Å². The first-order valence-corrected chi connectivity index (χ1v) is 7.24. The van der Waals surface area contributed by atoms with Crippen molar-refractivity contribution in [2.45, 2.75) is 38.3 Å². The van der Waals surface area contributed by atoms with Gasteiger partial charge in [-0.05, 0) is 24.3 Å². The standard InChI is InChI=1S/C16H26N2O/c1-13(2)10-18(15-8-9-15)11-16(17,12-19)14-6-4-3-5-7-14/h3-7,13,15,19H,8-12,17H2,1-2H3. The van der Waals surface area contributed by atoms with E-state index in [9.17, 15) is 5.11 Å². The van der Waals surface area contributed by atoms with Gasteiger partial charge >= 0.3 is 0 Å². The third kappa shape index (κ3) is 3.78. The van der Waals surface area contributed by atoms with Crippen LogP contribution < -0.4 is 5.73 Å². The molecule has 106 valence electrons. The Hall–Kier alpha value is -0.900. The minimum atomic E-state index is -0.654. The largest absolute Gasteiger partial charge is 0.394 e. The van der Waals surface area contributed by atoms with Crippen LogP contribution in [-0.2, 0) is 5.54 Å². The molecule has 1 atom stereocenters. The van der Waals surface area contributed by atoms with Gasteiger partial charge in [-0.1, -0.05) is 44.2 Å². The molecule has 19 heavy (non-hydrogen) atoms. The van der Waals surface area contributed by atoms with Gasteiger partial charge in [-0.15, -0.1) is 0 Å². The molecule has 3 heteroatoms. The van der Waals surface area contributed by atoms with Crippen molar-refractivity contribution in [3.8, 4) is 0 Å². The Morgan fingerprint density at radius 1 is 1.32 bits per heavy atom. The zero-order valence-corrected chi connectivity index (χ0v) is 12.0. The molecule has 0 aromatic heterocycles. The lowest BCUT2D eigenvalue weighted by molar-refractivity contribution is 0.123. The molecule has 1 unspecified atom stereocenters. The first-order valence-electron chi connectivity index (χ1n) is 7.24. The Balaban J connectivity index is 2.12. The molecule has 0 bridgehead atoms. The van der Waals surface area contributed by atoms with Crippen LogP contribution >= 0.6 is 0 Å². The molecule has 1 aromatic carbocycles. The van der Waals surface area contributed by atoms with E-state index < -0.39 is 5.54 Å². The average Bonchev–Trinajstić information content (AvgIpc) is 3.22. The van der Waals surface area contributed by atoms with Crippen LogP contribution in [0.1, 0.15) is 32.3 Å². The quantitative estimate of drug-likeness (QED) is 0.789. The lowest BCUT2D eigenvalue weighted by atomic mass is 9.91. The molecule has 3 N–H and O–H groups in total. The second kappa shape index (κ2) is 6.04. The van der Waals surface area contributed by atoms with Gasteiger partial charge in [-0.25, -0.2) is 0 Å². The normalized spacial score (nSPS) is 18.8. The second-order valence-electron chi connectivity index (χ2n) is 6.23. The third-order valence-electron chi connectivity index (χ3n) is 3.78. The van der Waals surface area contributed by atoms with Crippen LogP contribution in [0.3, 0.4) is 0 Å². The van der Waals surface area contributed by atoms with Crippen LogP contribution in [0.4, 0.5) is 0 Å². The van der Waals surface area contributed by atoms with E-state index in [2.05, 4.69) is 18.7 Å². The van der Waals surface area contributed by atoms with Crippen molar-refractivity contribution < 1.29 is 5.11 Å². The molecule has 1 fully saturated rings. The van der Waals surface area contributed by atoms with Gasteiger partial charge in [0.25, 0.3) is 0 Å². The van der Waals surface area contributed by atoms with E-state index in [1.165, 1.54) is 12.8 Å². The molecule has 1 aliphatic rings. The zero-order valence-electron chi connectivity index (χ0n) is 12.0. The van der Waals surface area contributed by atoms with Crippen molar-refractivity contribution in [3.63, 3.8) is 0 Å². The van der Waals surface area contributed by atoms with Gasteiger partial charge in [0.05, 0.1) is 12.1 Å². The van der Waals surface area contributed by atoms with E-state index in [0.717, 1.165) is 18.7 Å². The Kier molecular flexibility index (Phi) is 4.61. The number of nitrogens with zero attached hydrogens (tertiary/aromatic N) is 1. The van der Waals surface area contributed by atoms with E-state index in [-0.39, 0.29) is 6.61 Å². The highest BCUT2D eigenvalue weighted by atomic mass is 16.3. The topological polar surface area (TPSA) is 49.5 Å². The highest BCUT2D eigenvalue weighted by Crippen LogP contribution is 2.30. The minimum absolute atomic E-state index is 0.0155. The number of aliphatic hydroxyl groups excluding tert-OH is 1. The Morgan fingerprint density at radius 2 is 1.95 bits per heavy atom. The van der Waals surface area contributed by atoms with Crippen LogP contribution in [0, 0.1) is 5.92 Å². The lowest BCUT2D eigenvalue weighted by Crippen LogP contribution is -2.51. The Labute approximate surface area is 116 Å². The van der Waals surface area contributed by atoms with Gasteiger partial charge in [0.2, 0.25) is 0 Å². The number of aliphatic hydroxyl groups is 1. The summed E-state index contributed by atoms with van der Waals surface area (Å²) in [5.41, 5.74) is 6.84. The smallest absolute Gasteiger partial charge is 0.0773 e. The van der Waals surface area contributed by atoms with Gasteiger partial charge in [0, 0.05) is 19.1 Å². The molecule has 0 aliphatic heterocycles. The molecule has 3 nitrogen and oxygen atoms in total. The molecule has 1 saturated carbocycles. The number of benzene rings is 1. The first-order chi connectivity index (χ1) is 9.05. The molecule has 1 aromatic rings. The minimum Gasteiger partial charge on any atom is -0.394 e. The maximum Gasteiger partial charge on any atom is 0.0773 e. The van der Waals surface area contributed by atoms with Crippen molar-refractivity contribution in [2.24, 2.45) is 11.7 Å². The SMILES string of the molecule is CC(C)CN(CC(N)(CO)c1ccccc1)C1CC1. The number of hydrogen-bond acceptors (Lipinski definition) is 3. The first kappa shape index (κ1) is 14.5. The van der Waals surface area contributed by atoms with E-state index >= 15 is 0 Å². The molecule has 0 saturated heterocycles. The van der Waals surface area contributed by atoms with E-state index in [4.69, 9.17) is 5.73 Å². The maximum atomic E-state index is 9.77. The zero-order chi connectivity index (χ0) is 13.9. The van der Waals surface area contributed by atoms with Gasteiger partial charge < -0.3 is 10.8 Å². The summed E-state index contributed by atoms with van der Waals surface area (Å²) in [4.78, 5) is 2.45. The molecular formula is C16H26N2O. The highest BCUT2D eigenvalue weighted by Gasteiger charge is 2.36. The monoisotopic (exact) mass is 262 g/mol. The summed E-state index contributed by atoms with van der Waals surface area (Å²) < 4.78 is 0. The van der Waals surface area contributed by atoms with E-state index in [1.807, 2.05) is 30.3 Å². The van der Waals surface area contributed by atoms with Gasteiger partial charge in [-0.2, -0.15) is 0 Å². The summed E-state index contributed by atoms with van der Waals surface area (Å²) in [5, 5.41) is 9.77. The summed E-state index contributed by atoms with van der Waals surface area (Å²) in [6.07, 6.45) is 2.53. The van der Waals surface area contributed by atoms with Crippen LogP contribution in [0.2, 0.25) is 0 Å². The predicted molar refractivity (Wildman–Crippen MR) is 78.8 cm³/mol. The number of rotatable bonds is 7. The average molecular weight is 262 g/mol. The van der Waals surface area contributed by atoms with Gasteiger partial charge in [0.15, 0.2) is 0 Å². The fourth-order valence-electron chi connectivity index (χ4n) is 2.62. The summed E-state index contributed by atoms with van der Waals surface area (Å²) in [6.45, 7) is 6.23. The van der Waals surface area contributed by atoms with Crippen LogP contribution in [0.15, 0.2) is 30.3 Å². The fourth-order valence-corrected chi connectivity index (χ4v) is 2.62. The number of hydrogen-bond donors (Lipinski definition) is 2. The van der Waals surface area contributed by atoms with Crippen LogP contribution in [-0.4, -0.2) is 35.7 Å². The molecule has 0 spiro atoms. The summed E-state index contributed by atoms with van der Waals surface area (Å²) in [6, 6.07) is 10.6. The molecule has 2 rings (SSSR count). The second-order valence-corrected chi connectivity index (χ2v) is 6.23. The van der Waals surface area contributed by atoms with Crippen LogP contribution in [0.25, 0.3) is 0 Å². The molecule has 1 aliphatic carbocycles. The van der Waals surface area contributed by atoms with Crippen molar-refractivity contribution in [2.75, 3.05) is 19.7 Å². The fraction of sp³-hybridized carbons (Fsp3) is 0.625. The number of nitrogens with two attached hydrogens (primary N) is 1. The van der Waals surface area contributed by atoms with E-state index in [0.29, 0.717) is 12.0 Å². The summed E-state index contributed by atoms with van der Waals surface area (Å²) in [5.74, 6) is 0.624. The lowest BCUT2D eigenvalue weighted by Gasteiger charge is -2.35. The van der Waals surface area contributed by atoms with Gasteiger partial charge in [-0.3, -0.25) is 4.90 Å². The van der Waals surface area contributed by atoms with Crippen molar-refractivity contribution in [1.82, 2.24) is 4.90 Å². The summed E-state index contributed by atoms with van der Waals surface area (Å²) >= 11 is 0. The van der Waals surface area contributed by atoms with E-state index in [1.54, 1.807) is 0 Å². The van der Waals surface area contributed by atoms with Crippen molar-refractivity contribution in [1.29, 1.82) is 0 Å². The molecule has 0 heterocycles. The third-order valence-corrected chi connectivity index (χ3v) is 3.78. The highest BCUT2D eigenvalue weighted by molar-refractivity contribution is 5.24. The Bertz CT molecular complexity index is 389. The molecule has 0 radical (unpaired) electrons. The summed E-state index contributed by atoms with van der Waals surface area (Å²) in [7, 11) is 0. The van der Waals surface area contributed by atoms with Gasteiger partial charge in [0.1, 0.15) is 0 Å². The molecular weight excluding hydrogens is 236 g/mol. The van der Waals surface area contributed by atoms with Crippen molar-refractivity contribution >= 4 is 0 Å². The molecule has 0 amide bonds. The predicted octanol–water partition coefficient (Wildman–Crippen LogP) is 1.95.